The summed E-state index contributed by atoms with van der Waals surface area (Å²) in [4.78, 5) is 20.3. The Labute approximate surface area is 328 Å². The molecule has 1 aliphatic heterocycles. The third-order valence-corrected chi connectivity index (χ3v) is 10.5. The molecule has 270 valence electrons. The zero-order valence-electron chi connectivity index (χ0n) is 31.5. The highest BCUT2D eigenvalue weighted by Gasteiger charge is 2.21. The largest absolute Gasteiger partial charge is 0.360 e. The average Bonchev–Trinajstić information content (AvgIpc) is 3.27. The van der Waals surface area contributed by atoms with Gasteiger partial charge in [-0.3, -0.25) is 4.99 Å². The van der Waals surface area contributed by atoms with Gasteiger partial charge in [-0.05, 0) is 76.4 Å². The molecule has 6 aromatic carbocycles. The van der Waals surface area contributed by atoms with Gasteiger partial charge in [-0.1, -0.05) is 171 Å². The quantitative estimate of drug-likeness (QED) is 0.170. The van der Waals surface area contributed by atoms with Crippen LogP contribution in [-0.2, 0) is 0 Å². The van der Waals surface area contributed by atoms with Gasteiger partial charge in [-0.15, -0.1) is 0 Å². The number of hydrogen-bond acceptors (Lipinski definition) is 5. The van der Waals surface area contributed by atoms with Crippen molar-refractivity contribution in [2.75, 3.05) is 0 Å². The van der Waals surface area contributed by atoms with Crippen molar-refractivity contribution in [2.45, 2.75) is 26.4 Å². The molecule has 2 unspecified atom stereocenters. The summed E-state index contributed by atoms with van der Waals surface area (Å²) >= 11 is 0. The number of hydrogen-bond donors (Lipinski definition) is 1. The SMILES string of the molecule is Cc1ccc(C2=NC(c3ccc(-c4ccccc4)cc3)NC(c3ccccc3)=C2)cc1-c1cccc(-c2nc(C3=CCC(C)C=C3)nc(-c3ccccc3)n2)c1. The molecule has 0 saturated heterocycles. The summed E-state index contributed by atoms with van der Waals surface area (Å²) in [6.45, 7) is 4.38. The van der Waals surface area contributed by atoms with Crippen LogP contribution in [-0.4, -0.2) is 20.7 Å². The number of rotatable bonds is 8. The molecule has 5 nitrogen and oxygen atoms in total. The summed E-state index contributed by atoms with van der Waals surface area (Å²) in [5.74, 6) is 2.50. The zero-order chi connectivity index (χ0) is 37.8. The van der Waals surface area contributed by atoms with Crippen LogP contribution >= 0.6 is 0 Å². The maximum atomic E-state index is 5.32. The highest BCUT2D eigenvalue weighted by molar-refractivity contribution is 6.13. The van der Waals surface area contributed by atoms with Gasteiger partial charge in [0, 0.05) is 28.0 Å². The molecule has 0 saturated carbocycles. The zero-order valence-corrected chi connectivity index (χ0v) is 31.5. The maximum Gasteiger partial charge on any atom is 0.164 e. The van der Waals surface area contributed by atoms with E-state index in [9.17, 15) is 0 Å². The number of aliphatic imine (C=N–C) groups is 1. The number of aromatic nitrogens is 3. The van der Waals surface area contributed by atoms with Crippen molar-refractivity contribution in [1.29, 1.82) is 0 Å². The second-order valence-electron chi connectivity index (χ2n) is 14.5. The van der Waals surface area contributed by atoms with Crippen LogP contribution in [0.2, 0.25) is 0 Å². The average molecular weight is 724 g/mol. The van der Waals surface area contributed by atoms with Crippen LogP contribution in [0.15, 0.2) is 187 Å². The third kappa shape index (κ3) is 7.40. The standard InChI is InChI=1S/C51H41N5/c1-34-21-24-40(25-22-34)50-54-49(39-17-10-5-11-18-39)55-51(56-50)44-20-12-19-42(31-44)45-32-43(26-23-35(45)2)47-33-46(38-15-8-4-9-16-38)52-48(53-47)41-29-27-37(28-30-41)36-13-6-3-7-14-36/h3-21,23-34,48,52H,22H2,1-2H3. The fourth-order valence-electron chi connectivity index (χ4n) is 7.28. The van der Waals surface area contributed by atoms with Gasteiger partial charge in [0.1, 0.15) is 6.17 Å². The number of aryl methyl sites for hydroxylation is 1. The number of nitrogens with zero attached hydrogens (tertiary/aromatic N) is 4. The Morgan fingerprint density at radius 2 is 1.12 bits per heavy atom. The van der Waals surface area contributed by atoms with Crippen molar-refractivity contribution >= 4 is 17.0 Å². The molecule has 1 aromatic heterocycles. The van der Waals surface area contributed by atoms with E-state index in [0.717, 1.165) is 62.3 Å². The van der Waals surface area contributed by atoms with E-state index < -0.39 is 0 Å². The minimum absolute atomic E-state index is 0.253. The predicted octanol–water partition coefficient (Wildman–Crippen LogP) is 12.0. The summed E-state index contributed by atoms with van der Waals surface area (Å²) in [5.41, 5.74) is 13.9. The van der Waals surface area contributed by atoms with Gasteiger partial charge in [-0.2, -0.15) is 0 Å². The van der Waals surface area contributed by atoms with Crippen molar-refractivity contribution in [3.8, 4) is 45.0 Å². The fraction of sp³-hybridized carbons (Fsp3) is 0.0980. The van der Waals surface area contributed by atoms with Gasteiger partial charge in [0.05, 0.1) is 5.71 Å². The van der Waals surface area contributed by atoms with Crippen LogP contribution in [0, 0.1) is 12.8 Å². The molecule has 2 atom stereocenters. The molecule has 0 radical (unpaired) electrons. The van der Waals surface area contributed by atoms with E-state index in [-0.39, 0.29) is 6.17 Å². The Kier molecular flexibility index (Phi) is 9.56. The van der Waals surface area contributed by atoms with E-state index in [1.165, 1.54) is 16.7 Å². The van der Waals surface area contributed by atoms with Crippen LogP contribution in [0.5, 0.6) is 0 Å². The van der Waals surface area contributed by atoms with Crippen molar-refractivity contribution in [1.82, 2.24) is 20.3 Å². The van der Waals surface area contributed by atoms with Crippen molar-refractivity contribution in [2.24, 2.45) is 10.9 Å². The minimum atomic E-state index is -0.253. The Balaban J connectivity index is 1.09. The molecule has 5 heteroatoms. The van der Waals surface area contributed by atoms with Crippen LogP contribution in [0.25, 0.3) is 56.3 Å². The molecule has 56 heavy (non-hydrogen) atoms. The molecule has 9 rings (SSSR count). The Bertz CT molecular complexity index is 2640. The molecule has 0 fully saturated rings. The minimum Gasteiger partial charge on any atom is -0.360 e. The van der Waals surface area contributed by atoms with Crippen molar-refractivity contribution in [3.63, 3.8) is 0 Å². The Morgan fingerprint density at radius 1 is 0.536 bits per heavy atom. The number of allylic oxidation sites excluding steroid dienone is 5. The summed E-state index contributed by atoms with van der Waals surface area (Å²) in [5, 5.41) is 3.72. The highest BCUT2D eigenvalue weighted by atomic mass is 15.1. The molecule has 1 N–H and O–H groups in total. The lowest BCUT2D eigenvalue weighted by atomic mass is 9.94. The lowest BCUT2D eigenvalue weighted by Crippen LogP contribution is -2.24. The Hall–Kier alpha value is -6.98. The molecule has 0 bridgehead atoms. The molecule has 2 aliphatic rings. The van der Waals surface area contributed by atoms with E-state index in [1.54, 1.807) is 0 Å². The van der Waals surface area contributed by atoms with Gasteiger partial charge in [-0.25, -0.2) is 15.0 Å². The molecule has 0 spiro atoms. The molecular weight excluding hydrogens is 683 g/mol. The second-order valence-corrected chi connectivity index (χ2v) is 14.5. The molecule has 0 amide bonds. The first-order valence-corrected chi connectivity index (χ1v) is 19.2. The lowest BCUT2D eigenvalue weighted by Gasteiger charge is -2.25. The Morgan fingerprint density at radius 3 is 1.82 bits per heavy atom. The van der Waals surface area contributed by atoms with Gasteiger partial charge in [0.2, 0.25) is 0 Å². The summed E-state index contributed by atoms with van der Waals surface area (Å²) in [6, 6.07) is 55.0. The highest BCUT2D eigenvalue weighted by Crippen LogP contribution is 2.33. The summed E-state index contributed by atoms with van der Waals surface area (Å²) in [7, 11) is 0. The first-order valence-electron chi connectivity index (χ1n) is 19.2. The van der Waals surface area contributed by atoms with Gasteiger partial charge < -0.3 is 5.32 Å². The molecule has 2 heterocycles. The van der Waals surface area contributed by atoms with E-state index >= 15 is 0 Å². The molecule has 1 aliphatic carbocycles. The van der Waals surface area contributed by atoms with E-state index in [1.807, 2.05) is 42.5 Å². The van der Waals surface area contributed by atoms with Crippen molar-refractivity contribution < 1.29 is 0 Å². The van der Waals surface area contributed by atoms with Crippen LogP contribution in [0.3, 0.4) is 0 Å². The molecular formula is C51H41N5. The predicted molar refractivity (Wildman–Crippen MR) is 230 cm³/mol. The van der Waals surface area contributed by atoms with Gasteiger partial charge in [0.15, 0.2) is 17.5 Å². The van der Waals surface area contributed by atoms with E-state index in [0.29, 0.717) is 23.4 Å². The maximum absolute atomic E-state index is 5.32. The monoisotopic (exact) mass is 723 g/mol. The van der Waals surface area contributed by atoms with Gasteiger partial charge in [0.25, 0.3) is 0 Å². The van der Waals surface area contributed by atoms with Crippen LogP contribution < -0.4 is 5.32 Å². The van der Waals surface area contributed by atoms with Crippen molar-refractivity contribution in [3.05, 3.63) is 210 Å². The first-order chi connectivity index (χ1) is 27.5. The number of nitrogens with one attached hydrogen (secondary N) is 1. The lowest BCUT2D eigenvalue weighted by molar-refractivity contribution is 0.664. The first kappa shape index (κ1) is 34.8. The van der Waals surface area contributed by atoms with Gasteiger partial charge >= 0.3 is 0 Å². The van der Waals surface area contributed by atoms with E-state index in [2.05, 4.69) is 159 Å². The summed E-state index contributed by atoms with van der Waals surface area (Å²) in [6.07, 6.45) is 9.47. The fourth-order valence-corrected chi connectivity index (χ4v) is 7.28. The smallest absolute Gasteiger partial charge is 0.164 e. The normalized spacial score (nSPS) is 16.4. The number of benzene rings is 6. The van der Waals surface area contributed by atoms with Crippen LogP contribution in [0.1, 0.15) is 47.6 Å². The molecule has 7 aromatic rings. The third-order valence-electron chi connectivity index (χ3n) is 10.5. The van der Waals surface area contributed by atoms with E-state index in [4.69, 9.17) is 19.9 Å². The van der Waals surface area contributed by atoms with Crippen LogP contribution in [0.4, 0.5) is 0 Å². The topological polar surface area (TPSA) is 63.1 Å². The summed E-state index contributed by atoms with van der Waals surface area (Å²) < 4.78 is 0. The second kappa shape index (κ2) is 15.4.